The van der Waals surface area contributed by atoms with Crippen molar-refractivity contribution in [3.8, 4) is 0 Å². The molecule has 1 aromatic heterocycles. The van der Waals surface area contributed by atoms with Crippen molar-refractivity contribution in [2.45, 2.75) is 26.8 Å². The summed E-state index contributed by atoms with van der Waals surface area (Å²) >= 11 is 1.85. The summed E-state index contributed by atoms with van der Waals surface area (Å²) in [6, 6.07) is 0. The summed E-state index contributed by atoms with van der Waals surface area (Å²) < 4.78 is 5.49. The summed E-state index contributed by atoms with van der Waals surface area (Å²) in [5.74, 6) is 3.50. The van der Waals surface area contributed by atoms with Crippen LogP contribution in [0.3, 0.4) is 0 Å². The second-order valence-electron chi connectivity index (χ2n) is 3.95. The van der Waals surface area contributed by atoms with Crippen LogP contribution in [0, 0.1) is 13.8 Å². The van der Waals surface area contributed by atoms with Gasteiger partial charge in [-0.2, -0.15) is 11.8 Å². The highest BCUT2D eigenvalue weighted by molar-refractivity contribution is 7.98. The topological polar surface area (TPSA) is 62.5 Å². The fourth-order valence-corrected chi connectivity index (χ4v) is 1.85. The van der Waals surface area contributed by atoms with Gasteiger partial charge < -0.3 is 15.1 Å². The van der Waals surface area contributed by atoms with Crippen LogP contribution in [0.5, 0.6) is 0 Å². The molecule has 0 aliphatic heterocycles. The van der Waals surface area contributed by atoms with E-state index in [2.05, 4.69) is 26.9 Å². The van der Waals surface area contributed by atoms with Gasteiger partial charge in [-0.25, -0.2) is 4.98 Å². The maximum Gasteiger partial charge on any atom is 0.214 e. The smallest absolute Gasteiger partial charge is 0.214 e. The fraction of sp³-hybridized carbons (Fsp3) is 0.667. The molecule has 5 nitrogen and oxygen atoms in total. The molecule has 0 aliphatic carbocycles. The Kier molecular flexibility index (Phi) is 6.64. The lowest BCUT2D eigenvalue weighted by molar-refractivity contribution is 0.463. The van der Waals surface area contributed by atoms with Gasteiger partial charge in [0.2, 0.25) is 5.89 Å². The van der Waals surface area contributed by atoms with E-state index >= 15 is 0 Å². The molecule has 0 saturated heterocycles. The third-order valence-corrected chi connectivity index (χ3v) is 3.22. The second-order valence-corrected chi connectivity index (χ2v) is 4.93. The Balaban J connectivity index is 2.31. The molecule has 1 aromatic rings. The molecule has 1 rings (SSSR count). The van der Waals surface area contributed by atoms with Gasteiger partial charge in [-0.1, -0.05) is 0 Å². The van der Waals surface area contributed by atoms with Gasteiger partial charge in [-0.05, 0) is 32.3 Å². The molecule has 0 saturated carbocycles. The van der Waals surface area contributed by atoms with Crippen LogP contribution in [-0.4, -0.2) is 36.5 Å². The van der Waals surface area contributed by atoms with Gasteiger partial charge in [0.15, 0.2) is 5.96 Å². The van der Waals surface area contributed by atoms with Crippen LogP contribution >= 0.6 is 11.8 Å². The molecular formula is C12H22N4OS. The normalized spacial score (nSPS) is 11.7. The van der Waals surface area contributed by atoms with Gasteiger partial charge in [-0.15, -0.1) is 0 Å². The molecule has 18 heavy (non-hydrogen) atoms. The molecular weight excluding hydrogens is 248 g/mol. The second kappa shape index (κ2) is 8.02. The third kappa shape index (κ3) is 5.00. The van der Waals surface area contributed by atoms with Crippen LogP contribution in [0.4, 0.5) is 0 Å². The number of thioether (sulfide) groups is 1. The predicted octanol–water partition coefficient (Wildman–Crippen LogP) is 1.71. The molecule has 102 valence electrons. The molecule has 0 aliphatic rings. The van der Waals surface area contributed by atoms with Gasteiger partial charge >= 0.3 is 0 Å². The lowest BCUT2D eigenvalue weighted by Gasteiger charge is -2.09. The van der Waals surface area contributed by atoms with Crippen LogP contribution in [-0.2, 0) is 6.54 Å². The van der Waals surface area contributed by atoms with E-state index in [4.69, 9.17) is 4.42 Å². The number of aromatic nitrogens is 1. The number of rotatable bonds is 6. The van der Waals surface area contributed by atoms with Gasteiger partial charge in [0.1, 0.15) is 5.76 Å². The van der Waals surface area contributed by atoms with E-state index in [9.17, 15) is 0 Å². The van der Waals surface area contributed by atoms with Crippen molar-refractivity contribution >= 4 is 17.7 Å². The number of nitrogens with zero attached hydrogens (tertiary/aromatic N) is 2. The summed E-state index contributed by atoms with van der Waals surface area (Å²) in [6.07, 6.45) is 3.24. The fourth-order valence-electron chi connectivity index (χ4n) is 1.42. The highest BCUT2D eigenvalue weighted by Gasteiger charge is 2.05. The Morgan fingerprint density at radius 2 is 2.17 bits per heavy atom. The number of nitrogens with one attached hydrogen (secondary N) is 2. The van der Waals surface area contributed by atoms with E-state index in [0.717, 1.165) is 36.1 Å². The molecule has 0 amide bonds. The number of aliphatic imine (C=N–C) groups is 1. The van der Waals surface area contributed by atoms with Crippen molar-refractivity contribution in [2.24, 2.45) is 4.99 Å². The summed E-state index contributed by atoms with van der Waals surface area (Å²) in [7, 11) is 1.76. The maximum absolute atomic E-state index is 5.49. The lowest BCUT2D eigenvalue weighted by Crippen LogP contribution is -2.37. The Morgan fingerprint density at radius 1 is 1.39 bits per heavy atom. The van der Waals surface area contributed by atoms with Gasteiger partial charge in [-0.3, -0.25) is 4.99 Å². The molecule has 0 spiro atoms. The molecule has 0 fully saturated rings. The standard InChI is InChI=1S/C12H22N4OS/c1-9-10(2)17-11(16-9)8-15-12(13-3)14-6-5-7-18-4/h5-8H2,1-4H3,(H2,13,14,15). The van der Waals surface area contributed by atoms with Crippen LogP contribution < -0.4 is 10.6 Å². The van der Waals surface area contributed by atoms with Gasteiger partial charge in [0, 0.05) is 13.6 Å². The van der Waals surface area contributed by atoms with Crippen molar-refractivity contribution in [1.82, 2.24) is 15.6 Å². The van der Waals surface area contributed by atoms with Crippen molar-refractivity contribution < 1.29 is 4.42 Å². The van der Waals surface area contributed by atoms with Gasteiger partial charge in [0.25, 0.3) is 0 Å². The number of hydrogen-bond acceptors (Lipinski definition) is 4. The molecule has 6 heteroatoms. The van der Waals surface area contributed by atoms with Gasteiger partial charge in [0.05, 0.1) is 12.2 Å². The highest BCUT2D eigenvalue weighted by atomic mass is 32.2. The molecule has 0 radical (unpaired) electrons. The molecule has 1 heterocycles. The Morgan fingerprint density at radius 3 is 2.72 bits per heavy atom. The summed E-state index contributed by atoms with van der Waals surface area (Å²) in [6.45, 7) is 5.33. The number of oxazole rings is 1. The van der Waals surface area contributed by atoms with Crippen LogP contribution in [0.15, 0.2) is 9.41 Å². The zero-order chi connectivity index (χ0) is 13.4. The van der Waals surface area contributed by atoms with Crippen LogP contribution in [0.25, 0.3) is 0 Å². The zero-order valence-corrected chi connectivity index (χ0v) is 12.4. The Labute approximate surface area is 113 Å². The van der Waals surface area contributed by atoms with E-state index in [0.29, 0.717) is 12.4 Å². The predicted molar refractivity (Wildman–Crippen MR) is 77.2 cm³/mol. The first-order chi connectivity index (χ1) is 8.67. The van der Waals surface area contributed by atoms with E-state index in [1.54, 1.807) is 7.05 Å². The summed E-state index contributed by atoms with van der Waals surface area (Å²) in [5.41, 5.74) is 0.940. The quantitative estimate of drug-likeness (QED) is 0.468. The minimum atomic E-state index is 0.552. The highest BCUT2D eigenvalue weighted by Crippen LogP contribution is 2.07. The first-order valence-electron chi connectivity index (χ1n) is 6.03. The Bertz CT molecular complexity index is 370. The van der Waals surface area contributed by atoms with Crippen molar-refractivity contribution in [3.63, 3.8) is 0 Å². The van der Waals surface area contributed by atoms with E-state index in [-0.39, 0.29) is 0 Å². The zero-order valence-electron chi connectivity index (χ0n) is 11.5. The van der Waals surface area contributed by atoms with E-state index in [1.807, 2.05) is 25.6 Å². The number of hydrogen-bond donors (Lipinski definition) is 2. The first-order valence-corrected chi connectivity index (χ1v) is 7.43. The average Bonchev–Trinajstić information content (AvgIpc) is 2.68. The molecule has 0 atom stereocenters. The molecule has 0 unspecified atom stereocenters. The number of guanidine groups is 1. The minimum absolute atomic E-state index is 0.552. The Hall–Kier alpha value is -1.17. The van der Waals surface area contributed by atoms with Crippen molar-refractivity contribution in [3.05, 3.63) is 17.3 Å². The average molecular weight is 270 g/mol. The summed E-state index contributed by atoms with van der Waals surface area (Å²) in [4.78, 5) is 8.46. The molecule has 0 aromatic carbocycles. The van der Waals surface area contributed by atoms with Crippen molar-refractivity contribution in [2.75, 3.05) is 25.6 Å². The first kappa shape index (κ1) is 14.9. The third-order valence-electron chi connectivity index (χ3n) is 2.52. The maximum atomic E-state index is 5.49. The SMILES string of the molecule is CN=C(NCCCSC)NCc1nc(C)c(C)o1. The van der Waals surface area contributed by atoms with E-state index in [1.165, 1.54) is 0 Å². The van der Waals surface area contributed by atoms with Crippen LogP contribution in [0.2, 0.25) is 0 Å². The lowest BCUT2D eigenvalue weighted by atomic mass is 10.4. The number of aryl methyl sites for hydroxylation is 2. The monoisotopic (exact) mass is 270 g/mol. The largest absolute Gasteiger partial charge is 0.444 e. The summed E-state index contributed by atoms with van der Waals surface area (Å²) in [5, 5.41) is 6.43. The minimum Gasteiger partial charge on any atom is -0.444 e. The van der Waals surface area contributed by atoms with Crippen LogP contribution in [0.1, 0.15) is 23.8 Å². The molecule has 0 bridgehead atoms. The van der Waals surface area contributed by atoms with E-state index < -0.39 is 0 Å². The molecule has 2 N–H and O–H groups in total. The van der Waals surface area contributed by atoms with Crippen molar-refractivity contribution in [1.29, 1.82) is 0 Å².